The number of nitrogens with one attached hydrogen (secondary N) is 1. The molecule has 0 unspecified atom stereocenters. The zero-order chi connectivity index (χ0) is 22.5. The number of nitrogens with zero attached hydrogens (tertiary/aromatic N) is 4. The Balaban J connectivity index is 1.75. The summed E-state index contributed by atoms with van der Waals surface area (Å²) in [6.07, 6.45) is 7.18. The summed E-state index contributed by atoms with van der Waals surface area (Å²) in [6.45, 7) is 0. The Hall–Kier alpha value is -3.99. The number of nitrogen functional groups attached to an aromatic ring is 1. The summed E-state index contributed by atoms with van der Waals surface area (Å²) in [5, 5.41) is 12.2. The van der Waals surface area contributed by atoms with Gasteiger partial charge in [-0.3, -0.25) is 9.88 Å². The Morgan fingerprint density at radius 3 is 2.69 bits per heavy atom. The third-order valence-corrected chi connectivity index (χ3v) is 5.57. The van der Waals surface area contributed by atoms with Gasteiger partial charge in [0.25, 0.3) is 0 Å². The van der Waals surface area contributed by atoms with Gasteiger partial charge in [0.1, 0.15) is 5.82 Å². The van der Waals surface area contributed by atoms with Gasteiger partial charge in [-0.05, 0) is 31.0 Å². The maximum atomic E-state index is 13.6. The van der Waals surface area contributed by atoms with Crippen LogP contribution in [-0.4, -0.2) is 22.0 Å². The lowest BCUT2D eigenvalue weighted by Crippen LogP contribution is -2.45. The molecule has 0 aliphatic heterocycles. The fourth-order valence-electron chi connectivity index (χ4n) is 4.04. The SMILES string of the molecule is N#Cc1ccccc1-c1ccc(N)c(N(C(=O)Nc2cncc(F)c2)C2CCCCC2)n1. The Morgan fingerprint density at radius 1 is 1.16 bits per heavy atom. The highest BCUT2D eigenvalue weighted by atomic mass is 19.1. The molecule has 2 amide bonds. The summed E-state index contributed by atoms with van der Waals surface area (Å²) in [7, 11) is 0. The van der Waals surface area contributed by atoms with Gasteiger partial charge in [0.05, 0.1) is 41.1 Å². The third-order valence-electron chi connectivity index (χ3n) is 5.57. The molecule has 0 saturated heterocycles. The maximum absolute atomic E-state index is 13.6. The largest absolute Gasteiger partial charge is 0.396 e. The van der Waals surface area contributed by atoms with Crippen molar-refractivity contribution < 1.29 is 9.18 Å². The molecular formula is C24H23FN6O. The summed E-state index contributed by atoms with van der Waals surface area (Å²) in [6, 6.07) is 13.4. The minimum Gasteiger partial charge on any atom is -0.396 e. The summed E-state index contributed by atoms with van der Waals surface area (Å²) in [4.78, 5) is 23.4. The van der Waals surface area contributed by atoms with E-state index in [1.54, 1.807) is 29.2 Å². The highest BCUT2D eigenvalue weighted by Gasteiger charge is 2.30. The molecule has 162 valence electrons. The molecule has 3 N–H and O–H groups in total. The molecule has 4 rings (SSSR count). The van der Waals surface area contributed by atoms with Crippen LogP contribution >= 0.6 is 0 Å². The number of pyridine rings is 2. The van der Waals surface area contributed by atoms with Gasteiger partial charge in [0.15, 0.2) is 5.82 Å². The molecular weight excluding hydrogens is 407 g/mol. The highest BCUT2D eigenvalue weighted by molar-refractivity contribution is 6.03. The molecule has 1 aliphatic carbocycles. The number of anilines is 3. The van der Waals surface area contributed by atoms with Gasteiger partial charge >= 0.3 is 6.03 Å². The molecule has 3 aromatic rings. The Kier molecular flexibility index (Phi) is 6.26. The average molecular weight is 430 g/mol. The van der Waals surface area contributed by atoms with Gasteiger partial charge in [-0.2, -0.15) is 5.26 Å². The minimum atomic E-state index is -0.542. The molecule has 32 heavy (non-hydrogen) atoms. The van der Waals surface area contributed by atoms with Crippen molar-refractivity contribution in [2.75, 3.05) is 16.0 Å². The molecule has 7 nitrogen and oxygen atoms in total. The lowest BCUT2D eigenvalue weighted by molar-refractivity contribution is 0.252. The van der Waals surface area contributed by atoms with E-state index >= 15 is 0 Å². The number of rotatable bonds is 4. The number of benzene rings is 1. The number of halogens is 1. The summed E-state index contributed by atoms with van der Waals surface area (Å²) < 4.78 is 13.6. The van der Waals surface area contributed by atoms with E-state index < -0.39 is 11.8 Å². The van der Waals surface area contributed by atoms with Gasteiger partial charge < -0.3 is 11.1 Å². The second-order valence-corrected chi connectivity index (χ2v) is 7.75. The first kappa shape index (κ1) is 21.2. The second-order valence-electron chi connectivity index (χ2n) is 7.75. The normalized spacial score (nSPS) is 13.9. The number of aromatic nitrogens is 2. The third kappa shape index (κ3) is 4.52. The topological polar surface area (TPSA) is 108 Å². The van der Waals surface area contributed by atoms with E-state index in [4.69, 9.17) is 10.7 Å². The van der Waals surface area contributed by atoms with Crippen molar-refractivity contribution >= 4 is 23.2 Å². The van der Waals surface area contributed by atoms with Crippen LogP contribution in [-0.2, 0) is 0 Å². The predicted molar refractivity (Wildman–Crippen MR) is 121 cm³/mol. The zero-order valence-electron chi connectivity index (χ0n) is 17.5. The van der Waals surface area contributed by atoms with Crippen molar-refractivity contribution in [1.29, 1.82) is 5.26 Å². The molecule has 1 fully saturated rings. The lowest BCUT2D eigenvalue weighted by atomic mass is 9.94. The van der Waals surface area contributed by atoms with Gasteiger partial charge in [-0.15, -0.1) is 0 Å². The van der Waals surface area contributed by atoms with Crippen molar-refractivity contribution in [1.82, 2.24) is 9.97 Å². The Bertz CT molecular complexity index is 1170. The van der Waals surface area contributed by atoms with Crippen LogP contribution < -0.4 is 16.0 Å². The van der Waals surface area contributed by atoms with Crippen LogP contribution in [0.15, 0.2) is 54.9 Å². The fourth-order valence-corrected chi connectivity index (χ4v) is 4.04. The summed E-state index contributed by atoms with van der Waals surface area (Å²) in [5.41, 5.74) is 8.57. The molecule has 0 atom stereocenters. The van der Waals surface area contributed by atoms with Gasteiger partial charge in [-0.1, -0.05) is 37.5 Å². The number of amides is 2. The molecule has 0 bridgehead atoms. The number of nitrogens with two attached hydrogens (primary N) is 1. The zero-order valence-corrected chi connectivity index (χ0v) is 17.5. The highest BCUT2D eigenvalue weighted by Crippen LogP contribution is 2.33. The Morgan fingerprint density at radius 2 is 1.94 bits per heavy atom. The molecule has 1 saturated carbocycles. The van der Waals surface area contributed by atoms with E-state index in [2.05, 4.69) is 16.4 Å². The molecule has 2 heterocycles. The quantitative estimate of drug-likeness (QED) is 0.598. The smallest absolute Gasteiger partial charge is 0.327 e. The first-order chi connectivity index (χ1) is 15.6. The number of carbonyl (C=O) groups is 1. The molecule has 1 aromatic carbocycles. The molecule has 0 radical (unpaired) electrons. The first-order valence-electron chi connectivity index (χ1n) is 10.5. The van der Waals surface area contributed by atoms with Crippen molar-refractivity contribution in [2.24, 2.45) is 0 Å². The Labute approximate surface area is 185 Å². The standard InChI is InChI=1S/C24H23FN6O/c25-17-12-18(15-28-14-17)29-24(32)31(19-7-2-1-3-8-19)23-21(27)10-11-22(30-23)20-9-5-4-6-16(20)13-26/h4-6,9-12,14-15,19H,1-3,7-8,27H2,(H,29,32). The van der Waals surface area contributed by atoms with Crippen LogP contribution in [0.2, 0.25) is 0 Å². The van der Waals surface area contributed by atoms with Gasteiger partial charge in [-0.25, -0.2) is 14.2 Å². The summed E-state index contributed by atoms with van der Waals surface area (Å²) >= 11 is 0. The van der Waals surface area contributed by atoms with E-state index in [1.165, 1.54) is 12.3 Å². The van der Waals surface area contributed by atoms with Crippen molar-refractivity contribution in [3.63, 3.8) is 0 Å². The van der Waals surface area contributed by atoms with Crippen LogP contribution in [0, 0.1) is 17.1 Å². The average Bonchev–Trinajstić information content (AvgIpc) is 2.81. The van der Waals surface area contributed by atoms with E-state index in [9.17, 15) is 14.4 Å². The second kappa shape index (κ2) is 9.43. The van der Waals surface area contributed by atoms with Gasteiger partial charge in [0.2, 0.25) is 0 Å². The predicted octanol–water partition coefficient (Wildman–Crippen LogP) is 5.11. The maximum Gasteiger partial charge on any atom is 0.327 e. The van der Waals surface area contributed by atoms with Gasteiger partial charge in [0, 0.05) is 17.7 Å². The van der Waals surface area contributed by atoms with Crippen molar-refractivity contribution in [3.05, 3.63) is 66.2 Å². The van der Waals surface area contributed by atoms with E-state index in [-0.39, 0.29) is 11.7 Å². The minimum absolute atomic E-state index is 0.0958. The molecule has 2 aromatic heterocycles. The number of urea groups is 1. The lowest BCUT2D eigenvalue weighted by Gasteiger charge is -2.34. The number of nitriles is 1. The molecule has 8 heteroatoms. The first-order valence-corrected chi connectivity index (χ1v) is 10.5. The number of hydrogen-bond acceptors (Lipinski definition) is 5. The van der Waals surface area contributed by atoms with E-state index in [0.29, 0.717) is 28.3 Å². The van der Waals surface area contributed by atoms with Crippen LogP contribution in [0.3, 0.4) is 0 Å². The summed E-state index contributed by atoms with van der Waals surface area (Å²) in [5.74, 6) is -0.219. The fraction of sp³-hybridized carbons (Fsp3) is 0.250. The van der Waals surface area contributed by atoms with E-state index in [0.717, 1.165) is 38.3 Å². The van der Waals surface area contributed by atoms with Crippen LogP contribution in [0.4, 0.5) is 26.4 Å². The number of hydrogen-bond donors (Lipinski definition) is 2. The van der Waals surface area contributed by atoms with Crippen LogP contribution in [0.25, 0.3) is 11.3 Å². The van der Waals surface area contributed by atoms with Crippen molar-refractivity contribution in [3.8, 4) is 17.3 Å². The van der Waals surface area contributed by atoms with Crippen LogP contribution in [0.1, 0.15) is 37.7 Å². The van der Waals surface area contributed by atoms with Crippen molar-refractivity contribution in [2.45, 2.75) is 38.1 Å². The molecule has 0 spiro atoms. The van der Waals surface area contributed by atoms with E-state index in [1.807, 2.05) is 12.1 Å². The molecule has 1 aliphatic rings. The monoisotopic (exact) mass is 430 g/mol. The van der Waals surface area contributed by atoms with Crippen LogP contribution in [0.5, 0.6) is 0 Å². The number of carbonyl (C=O) groups excluding carboxylic acids is 1.